The number of ketones is 1. The molecule has 2 aliphatic heterocycles. The van der Waals surface area contributed by atoms with Crippen LogP contribution in [0.4, 0.5) is 5.69 Å². The Morgan fingerprint density at radius 1 is 0.970 bits per heavy atom. The average molecular weight is 482 g/mol. The Balaban J connectivity index is 1.73. The fraction of sp³-hybridized carbons (Fsp3) is 0.120. The minimum atomic E-state index is -0.884. The Kier molecular flexibility index (Phi) is 5.27. The van der Waals surface area contributed by atoms with Gasteiger partial charge in [0.2, 0.25) is 6.79 Å². The smallest absolute Gasteiger partial charge is 0.300 e. The number of halogens is 2. The quantitative estimate of drug-likeness (QED) is 0.296. The van der Waals surface area contributed by atoms with E-state index in [-0.39, 0.29) is 18.1 Å². The maximum Gasteiger partial charge on any atom is 0.300 e. The molecule has 33 heavy (non-hydrogen) atoms. The van der Waals surface area contributed by atoms with Gasteiger partial charge in [-0.3, -0.25) is 14.5 Å². The lowest BCUT2D eigenvalue weighted by Gasteiger charge is -2.26. The third kappa shape index (κ3) is 3.71. The fourth-order valence-electron chi connectivity index (χ4n) is 4.13. The highest BCUT2D eigenvalue weighted by Gasteiger charge is 2.47. The molecule has 1 saturated heterocycles. The number of anilines is 1. The Hall–Kier alpha value is -3.48. The molecule has 0 spiro atoms. The van der Waals surface area contributed by atoms with Crippen molar-refractivity contribution in [1.29, 1.82) is 0 Å². The van der Waals surface area contributed by atoms with Crippen molar-refractivity contribution in [1.82, 2.24) is 0 Å². The van der Waals surface area contributed by atoms with E-state index in [9.17, 15) is 14.7 Å². The Morgan fingerprint density at radius 2 is 1.70 bits per heavy atom. The number of rotatable bonds is 3. The highest BCUT2D eigenvalue weighted by Crippen LogP contribution is 2.44. The Labute approximate surface area is 199 Å². The first-order valence-electron chi connectivity index (χ1n) is 10.1. The van der Waals surface area contributed by atoms with E-state index in [4.69, 9.17) is 32.7 Å². The summed E-state index contributed by atoms with van der Waals surface area (Å²) in [6, 6.07) is 16.0. The van der Waals surface area contributed by atoms with Crippen LogP contribution in [0.25, 0.3) is 5.76 Å². The van der Waals surface area contributed by atoms with E-state index in [1.54, 1.807) is 36.4 Å². The minimum absolute atomic E-state index is 0.0411. The molecule has 6 nitrogen and oxygen atoms in total. The Bertz CT molecular complexity index is 1330. The second kappa shape index (κ2) is 8.14. The van der Waals surface area contributed by atoms with Gasteiger partial charge in [-0.1, -0.05) is 53.0 Å². The molecule has 3 aromatic carbocycles. The van der Waals surface area contributed by atoms with Gasteiger partial charge in [0.05, 0.1) is 11.6 Å². The number of Topliss-reactive ketones (excluding diaryl/α,β-unsaturated/α-hetero) is 1. The van der Waals surface area contributed by atoms with Crippen molar-refractivity contribution in [2.24, 2.45) is 0 Å². The van der Waals surface area contributed by atoms with Crippen LogP contribution in [-0.4, -0.2) is 23.6 Å². The minimum Gasteiger partial charge on any atom is -0.507 e. The molecule has 3 aromatic rings. The number of hydrogen-bond acceptors (Lipinski definition) is 5. The second-order valence-electron chi connectivity index (χ2n) is 7.78. The maximum atomic E-state index is 13.2. The van der Waals surface area contributed by atoms with Crippen LogP contribution >= 0.6 is 23.2 Å². The number of nitrogens with zero attached hydrogens (tertiary/aromatic N) is 1. The molecule has 5 rings (SSSR count). The van der Waals surface area contributed by atoms with Crippen LogP contribution in [0.15, 0.2) is 66.2 Å². The number of hydrogen-bond donors (Lipinski definition) is 1. The molecule has 1 N–H and O–H groups in total. The molecule has 1 amide bonds. The van der Waals surface area contributed by atoms with Gasteiger partial charge in [-0.15, -0.1) is 0 Å². The fourth-order valence-corrected chi connectivity index (χ4v) is 4.65. The summed E-state index contributed by atoms with van der Waals surface area (Å²) in [5.74, 6) is -0.929. The van der Waals surface area contributed by atoms with Gasteiger partial charge >= 0.3 is 0 Å². The van der Waals surface area contributed by atoms with Crippen LogP contribution in [0.5, 0.6) is 11.5 Å². The van der Waals surface area contributed by atoms with E-state index in [2.05, 4.69) is 0 Å². The molecule has 1 fully saturated rings. The second-order valence-corrected chi connectivity index (χ2v) is 8.65. The number of fused-ring (bicyclic) bond motifs is 1. The van der Waals surface area contributed by atoms with Gasteiger partial charge in [0.1, 0.15) is 5.76 Å². The summed E-state index contributed by atoms with van der Waals surface area (Å²) in [6.07, 6.45) is 0. The lowest BCUT2D eigenvalue weighted by Crippen LogP contribution is -2.29. The molecular weight excluding hydrogens is 465 g/mol. The summed E-state index contributed by atoms with van der Waals surface area (Å²) in [6.45, 7) is 1.98. The molecule has 1 atom stereocenters. The third-order valence-corrected chi connectivity index (χ3v) is 6.01. The maximum absolute atomic E-state index is 13.2. The van der Waals surface area contributed by atoms with Crippen molar-refractivity contribution in [2.75, 3.05) is 11.7 Å². The van der Waals surface area contributed by atoms with Crippen LogP contribution in [0.1, 0.15) is 22.7 Å². The van der Waals surface area contributed by atoms with Crippen molar-refractivity contribution in [2.45, 2.75) is 13.0 Å². The summed E-state index contributed by atoms with van der Waals surface area (Å²) in [4.78, 5) is 27.8. The number of ether oxygens (including phenoxy) is 2. The zero-order valence-corrected chi connectivity index (χ0v) is 18.9. The van der Waals surface area contributed by atoms with Gasteiger partial charge in [-0.25, -0.2) is 0 Å². The van der Waals surface area contributed by atoms with Crippen LogP contribution in [0.3, 0.4) is 0 Å². The largest absolute Gasteiger partial charge is 0.507 e. The molecule has 166 valence electrons. The molecular formula is C25H17Cl2NO5. The predicted octanol–water partition coefficient (Wildman–Crippen LogP) is 5.66. The zero-order valence-electron chi connectivity index (χ0n) is 17.3. The number of carbonyl (C=O) groups is 2. The molecule has 2 heterocycles. The molecule has 0 aliphatic carbocycles. The third-order valence-electron chi connectivity index (χ3n) is 5.57. The first kappa shape index (κ1) is 21.4. The molecule has 1 unspecified atom stereocenters. The van der Waals surface area contributed by atoms with Gasteiger partial charge < -0.3 is 14.6 Å². The first-order chi connectivity index (χ1) is 15.8. The normalized spacial score (nSPS) is 18.8. The van der Waals surface area contributed by atoms with Gasteiger partial charge in [0.15, 0.2) is 11.5 Å². The van der Waals surface area contributed by atoms with E-state index in [0.717, 1.165) is 5.56 Å². The predicted molar refractivity (Wildman–Crippen MR) is 125 cm³/mol. The van der Waals surface area contributed by atoms with Gasteiger partial charge in [-0.05, 0) is 48.9 Å². The topological polar surface area (TPSA) is 76.1 Å². The monoisotopic (exact) mass is 481 g/mol. The number of amides is 1. The lowest BCUT2D eigenvalue weighted by molar-refractivity contribution is -0.132. The van der Waals surface area contributed by atoms with Gasteiger partial charge in [0.25, 0.3) is 11.7 Å². The zero-order chi connectivity index (χ0) is 23.3. The number of aryl methyl sites for hydroxylation is 1. The highest BCUT2D eigenvalue weighted by atomic mass is 35.5. The highest BCUT2D eigenvalue weighted by molar-refractivity contribution is 6.52. The summed E-state index contributed by atoms with van der Waals surface area (Å²) in [5, 5.41) is 11.9. The van der Waals surface area contributed by atoms with Crippen molar-refractivity contribution in [3.8, 4) is 11.5 Å². The summed E-state index contributed by atoms with van der Waals surface area (Å²) in [7, 11) is 0. The molecule has 2 aliphatic rings. The number of carbonyl (C=O) groups excluding carboxylic acids is 2. The van der Waals surface area contributed by atoms with Crippen molar-refractivity contribution in [3.05, 3.63) is 93.0 Å². The van der Waals surface area contributed by atoms with E-state index >= 15 is 0 Å². The molecule has 0 radical (unpaired) electrons. The summed E-state index contributed by atoms with van der Waals surface area (Å²) < 4.78 is 10.7. The van der Waals surface area contributed by atoms with E-state index in [1.807, 2.05) is 25.1 Å². The number of aliphatic hydroxyl groups excluding tert-OH is 1. The number of benzene rings is 3. The molecule has 8 heteroatoms. The SMILES string of the molecule is Cc1cccc(C2/C(=C(/O)c3ccc4c(c3)OCO4)C(=O)C(=O)N2c2cc(Cl)cc(Cl)c2)c1. The summed E-state index contributed by atoms with van der Waals surface area (Å²) >= 11 is 12.4. The first-order valence-corrected chi connectivity index (χ1v) is 10.8. The van der Waals surface area contributed by atoms with E-state index < -0.39 is 17.7 Å². The molecule has 0 aromatic heterocycles. The number of aliphatic hydroxyl groups is 1. The van der Waals surface area contributed by atoms with Crippen molar-refractivity contribution < 1.29 is 24.2 Å². The Morgan fingerprint density at radius 3 is 2.42 bits per heavy atom. The lowest BCUT2D eigenvalue weighted by atomic mass is 9.94. The van der Waals surface area contributed by atoms with Gasteiger partial charge in [0, 0.05) is 21.3 Å². The van der Waals surface area contributed by atoms with Crippen molar-refractivity contribution in [3.63, 3.8) is 0 Å². The van der Waals surface area contributed by atoms with E-state index in [0.29, 0.717) is 38.4 Å². The van der Waals surface area contributed by atoms with Crippen molar-refractivity contribution >= 4 is 46.3 Å². The van der Waals surface area contributed by atoms with Crippen LogP contribution in [0, 0.1) is 6.92 Å². The van der Waals surface area contributed by atoms with Crippen LogP contribution < -0.4 is 14.4 Å². The average Bonchev–Trinajstić information content (AvgIpc) is 3.34. The van der Waals surface area contributed by atoms with Crippen LogP contribution in [0.2, 0.25) is 10.0 Å². The summed E-state index contributed by atoms with van der Waals surface area (Å²) in [5.41, 5.74) is 2.24. The molecule has 0 saturated carbocycles. The van der Waals surface area contributed by atoms with Gasteiger partial charge in [-0.2, -0.15) is 0 Å². The van der Waals surface area contributed by atoms with E-state index in [1.165, 1.54) is 11.0 Å². The molecule has 0 bridgehead atoms. The van der Waals surface area contributed by atoms with Crippen LogP contribution in [-0.2, 0) is 9.59 Å². The standard InChI is InChI=1S/C25H17Cl2NO5/c1-13-3-2-4-14(7-13)22-21(23(29)15-5-6-19-20(8-15)33-12-32-19)24(30)25(31)28(22)18-10-16(26)9-17(27)11-18/h2-11,22,29H,12H2,1H3/b23-21-.